The lowest BCUT2D eigenvalue weighted by Crippen LogP contribution is -2.49. The molecule has 0 radical (unpaired) electrons. The Kier molecular flexibility index (Phi) is 9.35. The molecule has 2 amide bonds. The van der Waals surface area contributed by atoms with Gasteiger partial charge in [-0.15, -0.1) is 0 Å². The highest BCUT2D eigenvalue weighted by Crippen LogP contribution is 2.12. The highest BCUT2D eigenvalue weighted by atomic mass is 32.1. The zero-order valence-electron chi connectivity index (χ0n) is 13.6. The molecule has 0 aliphatic heterocycles. The predicted octanol–water partition coefficient (Wildman–Crippen LogP) is 0.384. The molecule has 9 heteroatoms. The molecule has 0 saturated carbocycles. The van der Waals surface area contributed by atoms with Crippen LogP contribution in [0.1, 0.15) is 17.3 Å². The van der Waals surface area contributed by atoms with E-state index in [4.69, 9.17) is 26.4 Å². The van der Waals surface area contributed by atoms with Crippen molar-refractivity contribution in [1.29, 1.82) is 0 Å². The number of hydrogen-bond acceptors (Lipinski definition) is 6. The van der Waals surface area contributed by atoms with Crippen molar-refractivity contribution in [2.75, 3.05) is 33.5 Å². The van der Waals surface area contributed by atoms with Crippen LogP contribution in [0.25, 0.3) is 0 Å². The summed E-state index contributed by atoms with van der Waals surface area (Å²) >= 11 is 4.92. The monoisotopic (exact) mass is 355 g/mol. The number of hydrazine groups is 1. The number of carbonyl (C=O) groups is 2. The Morgan fingerprint density at radius 3 is 2.46 bits per heavy atom. The fourth-order valence-electron chi connectivity index (χ4n) is 1.51. The van der Waals surface area contributed by atoms with Gasteiger partial charge in [0.25, 0.3) is 11.8 Å². The van der Waals surface area contributed by atoms with Crippen LogP contribution in [0.2, 0.25) is 0 Å². The standard InChI is InChI=1S/C15H21N3O5S/c1-3-22-10-13(19)17-18-15(24)16-14(20)11-4-6-12(7-5-11)23-9-8-21-2/h4-7H,3,8-10H2,1-2H3,(H,17,19)(H2,16,18,20,24). The van der Waals surface area contributed by atoms with Crippen molar-refractivity contribution in [3.05, 3.63) is 29.8 Å². The molecule has 0 aromatic heterocycles. The molecular formula is C15H21N3O5S. The molecule has 0 unspecified atom stereocenters. The van der Waals surface area contributed by atoms with Gasteiger partial charge in [-0.2, -0.15) is 0 Å². The minimum atomic E-state index is -0.407. The first-order chi connectivity index (χ1) is 11.6. The molecule has 0 aliphatic carbocycles. The van der Waals surface area contributed by atoms with Crippen LogP contribution in [-0.2, 0) is 14.3 Å². The Morgan fingerprint density at radius 2 is 1.83 bits per heavy atom. The molecule has 8 nitrogen and oxygen atoms in total. The molecule has 24 heavy (non-hydrogen) atoms. The van der Waals surface area contributed by atoms with Crippen molar-refractivity contribution in [1.82, 2.24) is 16.2 Å². The zero-order valence-corrected chi connectivity index (χ0v) is 14.4. The van der Waals surface area contributed by atoms with Crippen molar-refractivity contribution < 1.29 is 23.8 Å². The molecule has 0 saturated heterocycles. The topological polar surface area (TPSA) is 97.9 Å². The lowest BCUT2D eigenvalue weighted by molar-refractivity contribution is -0.126. The molecule has 0 aliphatic rings. The van der Waals surface area contributed by atoms with Crippen LogP contribution in [-0.4, -0.2) is 50.5 Å². The molecule has 0 fully saturated rings. The maximum atomic E-state index is 12.0. The molecule has 3 N–H and O–H groups in total. The molecule has 1 rings (SSSR count). The molecule has 0 bridgehead atoms. The van der Waals surface area contributed by atoms with E-state index in [2.05, 4.69) is 16.2 Å². The molecule has 132 valence electrons. The molecule has 0 heterocycles. The average molecular weight is 355 g/mol. The maximum absolute atomic E-state index is 12.0. The van der Waals surface area contributed by atoms with Crippen molar-refractivity contribution in [3.8, 4) is 5.75 Å². The molecule has 1 aromatic carbocycles. The van der Waals surface area contributed by atoms with Crippen molar-refractivity contribution in [3.63, 3.8) is 0 Å². The molecule has 1 aromatic rings. The van der Waals surface area contributed by atoms with Crippen molar-refractivity contribution in [2.24, 2.45) is 0 Å². The van der Waals surface area contributed by atoms with Gasteiger partial charge < -0.3 is 14.2 Å². The minimum Gasteiger partial charge on any atom is -0.491 e. The van der Waals surface area contributed by atoms with Gasteiger partial charge >= 0.3 is 0 Å². The third kappa shape index (κ3) is 7.86. The van der Waals surface area contributed by atoms with Gasteiger partial charge in [0.2, 0.25) is 0 Å². The van der Waals surface area contributed by atoms with Gasteiger partial charge in [-0.25, -0.2) is 0 Å². The van der Waals surface area contributed by atoms with Crippen LogP contribution in [0.15, 0.2) is 24.3 Å². The third-order valence-corrected chi connectivity index (χ3v) is 2.86. The molecule has 0 spiro atoms. The summed E-state index contributed by atoms with van der Waals surface area (Å²) in [6.45, 7) is 3.03. The fraction of sp³-hybridized carbons (Fsp3) is 0.400. The largest absolute Gasteiger partial charge is 0.491 e. The van der Waals surface area contributed by atoms with E-state index < -0.39 is 11.8 Å². The Labute approximate surface area is 145 Å². The van der Waals surface area contributed by atoms with E-state index in [1.165, 1.54) is 0 Å². The maximum Gasteiger partial charge on any atom is 0.264 e. The van der Waals surface area contributed by atoms with Crippen LogP contribution in [0.4, 0.5) is 0 Å². The summed E-state index contributed by atoms with van der Waals surface area (Å²) in [5.74, 6) is -0.173. The molecular weight excluding hydrogens is 334 g/mol. The number of thiocarbonyl (C=S) groups is 1. The number of nitrogens with one attached hydrogen (secondary N) is 3. The molecule has 0 atom stereocenters. The van der Waals surface area contributed by atoms with Gasteiger partial charge in [-0.1, -0.05) is 0 Å². The van der Waals surface area contributed by atoms with E-state index in [1.807, 2.05) is 0 Å². The second kappa shape index (κ2) is 11.3. The number of hydrogen-bond donors (Lipinski definition) is 3. The SMILES string of the molecule is CCOCC(=O)NNC(=S)NC(=O)c1ccc(OCCOC)cc1. The van der Waals surface area contributed by atoms with Gasteiger partial charge in [0, 0.05) is 19.3 Å². The number of amides is 2. The van der Waals surface area contributed by atoms with Gasteiger partial charge in [-0.05, 0) is 43.4 Å². The number of ether oxygens (including phenoxy) is 3. The van der Waals surface area contributed by atoms with Crippen molar-refractivity contribution in [2.45, 2.75) is 6.92 Å². The normalized spacial score (nSPS) is 9.92. The van der Waals surface area contributed by atoms with E-state index in [0.717, 1.165) is 0 Å². The van der Waals surface area contributed by atoms with Crippen LogP contribution in [0.5, 0.6) is 5.75 Å². The number of methoxy groups -OCH3 is 1. The summed E-state index contributed by atoms with van der Waals surface area (Å²) in [6, 6.07) is 6.55. The first-order valence-electron chi connectivity index (χ1n) is 7.26. The lowest BCUT2D eigenvalue weighted by atomic mass is 10.2. The summed E-state index contributed by atoms with van der Waals surface area (Å²) in [7, 11) is 1.59. The quantitative estimate of drug-likeness (QED) is 0.352. The number of carbonyl (C=O) groups excluding carboxylic acids is 2. The second-order valence-corrected chi connectivity index (χ2v) is 4.87. The van der Waals surface area contributed by atoms with Crippen LogP contribution >= 0.6 is 12.2 Å². The highest BCUT2D eigenvalue weighted by Gasteiger charge is 2.09. The summed E-state index contributed by atoms with van der Waals surface area (Å²) in [4.78, 5) is 23.3. The number of benzene rings is 1. The smallest absolute Gasteiger partial charge is 0.264 e. The Morgan fingerprint density at radius 1 is 1.12 bits per heavy atom. The second-order valence-electron chi connectivity index (χ2n) is 4.46. The third-order valence-electron chi connectivity index (χ3n) is 2.65. The lowest BCUT2D eigenvalue weighted by Gasteiger charge is -2.11. The predicted molar refractivity (Wildman–Crippen MR) is 91.6 cm³/mol. The van der Waals surface area contributed by atoms with Crippen molar-refractivity contribution >= 4 is 29.1 Å². The Bertz CT molecular complexity index is 551. The first kappa shape index (κ1) is 19.8. The van der Waals surface area contributed by atoms with Gasteiger partial charge in [-0.3, -0.25) is 25.8 Å². The van der Waals surface area contributed by atoms with Crippen LogP contribution < -0.4 is 20.9 Å². The zero-order chi connectivity index (χ0) is 17.8. The Balaban J connectivity index is 2.38. The van der Waals surface area contributed by atoms with Gasteiger partial charge in [0.15, 0.2) is 5.11 Å². The first-order valence-corrected chi connectivity index (χ1v) is 7.67. The fourth-order valence-corrected chi connectivity index (χ4v) is 1.65. The summed E-state index contributed by atoms with van der Waals surface area (Å²) in [6.07, 6.45) is 0. The van der Waals surface area contributed by atoms with E-state index >= 15 is 0 Å². The van der Waals surface area contributed by atoms with E-state index in [9.17, 15) is 9.59 Å². The van der Waals surface area contributed by atoms with Gasteiger partial charge in [0.05, 0.1) is 6.61 Å². The summed E-state index contributed by atoms with van der Waals surface area (Å²) < 4.78 is 15.2. The number of rotatable bonds is 8. The van der Waals surface area contributed by atoms with E-state index in [-0.39, 0.29) is 11.7 Å². The summed E-state index contributed by atoms with van der Waals surface area (Å²) in [5.41, 5.74) is 5.13. The average Bonchev–Trinajstić information content (AvgIpc) is 2.59. The minimum absolute atomic E-state index is 0.0229. The van der Waals surface area contributed by atoms with E-state index in [1.54, 1.807) is 38.3 Å². The highest BCUT2D eigenvalue weighted by molar-refractivity contribution is 7.80. The van der Waals surface area contributed by atoms with Crippen LogP contribution in [0, 0.1) is 0 Å². The Hall–Kier alpha value is -2.23. The van der Waals surface area contributed by atoms with Gasteiger partial charge in [0.1, 0.15) is 19.0 Å². The van der Waals surface area contributed by atoms with E-state index in [0.29, 0.717) is 31.1 Å². The van der Waals surface area contributed by atoms with Crippen LogP contribution in [0.3, 0.4) is 0 Å². The summed E-state index contributed by atoms with van der Waals surface area (Å²) in [5, 5.41) is 2.42.